The van der Waals surface area contributed by atoms with Crippen molar-refractivity contribution in [3.63, 3.8) is 0 Å². The van der Waals surface area contributed by atoms with Crippen LogP contribution in [0.1, 0.15) is 44.1 Å². The molecule has 0 unspecified atom stereocenters. The van der Waals surface area contributed by atoms with Gasteiger partial charge >= 0.3 is 6.03 Å². The van der Waals surface area contributed by atoms with Gasteiger partial charge < -0.3 is 15.5 Å². The van der Waals surface area contributed by atoms with Crippen LogP contribution in [0.5, 0.6) is 0 Å². The van der Waals surface area contributed by atoms with Crippen molar-refractivity contribution in [1.82, 2.24) is 20.4 Å². The molecule has 168 valence electrons. The van der Waals surface area contributed by atoms with Gasteiger partial charge in [0.2, 0.25) is 5.91 Å². The van der Waals surface area contributed by atoms with Gasteiger partial charge in [0.25, 0.3) is 5.91 Å². The largest absolute Gasteiger partial charge is 0.356 e. The maximum absolute atomic E-state index is 13.3. The Balaban J connectivity index is 1.24. The average molecular weight is 431 g/mol. The summed E-state index contributed by atoms with van der Waals surface area (Å²) in [7, 11) is 0. The van der Waals surface area contributed by atoms with E-state index in [4.69, 9.17) is 0 Å². The summed E-state index contributed by atoms with van der Waals surface area (Å²) in [6.07, 6.45) is 6.30. The summed E-state index contributed by atoms with van der Waals surface area (Å²) in [4.78, 5) is 41.0. The van der Waals surface area contributed by atoms with Crippen molar-refractivity contribution >= 4 is 17.8 Å². The number of amides is 4. The maximum Gasteiger partial charge on any atom is 0.324 e. The van der Waals surface area contributed by atoms with Crippen molar-refractivity contribution in [2.75, 3.05) is 26.2 Å². The molecule has 1 aromatic carbocycles. The Morgan fingerprint density at radius 3 is 2.84 bits per heavy atom. The predicted molar refractivity (Wildman–Crippen MR) is 114 cm³/mol. The lowest BCUT2D eigenvalue weighted by Gasteiger charge is -2.44. The minimum absolute atomic E-state index is 0.0534. The number of nitrogens with zero attached hydrogens (tertiary/aromatic N) is 2. The monoisotopic (exact) mass is 430 g/mol. The fourth-order valence-corrected chi connectivity index (χ4v) is 5.18. The van der Waals surface area contributed by atoms with E-state index in [1.807, 2.05) is 0 Å². The van der Waals surface area contributed by atoms with Crippen LogP contribution in [-0.4, -0.2) is 65.9 Å². The van der Waals surface area contributed by atoms with Gasteiger partial charge in [0.15, 0.2) is 0 Å². The standard InChI is InChI=1S/C23H31FN4O3/c24-18-7-3-5-16(13-18)9-12-28-22(30)19(26-23(28)31)14-21(29)25-15-17-6-4-11-27-10-2-1-8-20(17)27/h3,5,7,13,17,19-20H,1-2,4,6,8-12,14-15H2,(H,25,29)(H,26,31)/t17-,19-,20-/m0/s1. The minimum atomic E-state index is -0.836. The normalized spacial score (nSPS) is 26.5. The topological polar surface area (TPSA) is 81.8 Å². The van der Waals surface area contributed by atoms with E-state index < -0.39 is 18.0 Å². The van der Waals surface area contributed by atoms with Crippen molar-refractivity contribution < 1.29 is 18.8 Å². The van der Waals surface area contributed by atoms with Gasteiger partial charge in [-0.1, -0.05) is 18.6 Å². The molecule has 0 aromatic heterocycles. The Morgan fingerprint density at radius 1 is 1.16 bits per heavy atom. The summed E-state index contributed by atoms with van der Waals surface area (Å²) in [6.45, 7) is 3.09. The smallest absolute Gasteiger partial charge is 0.324 e. The molecule has 2 N–H and O–H groups in total. The number of urea groups is 1. The quantitative estimate of drug-likeness (QED) is 0.649. The van der Waals surface area contributed by atoms with Gasteiger partial charge in [0, 0.05) is 19.1 Å². The molecule has 3 heterocycles. The lowest BCUT2D eigenvalue weighted by molar-refractivity contribution is -0.131. The van der Waals surface area contributed by atoms with Crippen LogP contribution >= 0.6 is 0 Å². The number of halogens is 1. The van der Waals surface area contributed by atoms with E-state index in [9.17, 15) is 18.8 Å². The van der Waals surface area contributed by atoms with E-state index in [0.29, 0.717) is 30.5 Å². The molecule has 7 nitrogen and oxygen atoms in total. The van der Waals surface area contributed by atoms with Crippen molar-refractivity contribution in [1.29, 1.82) is 0 Å². The first-order valence-corrected chi connectivity index (χ1v) is 11.4. The second kappa shape index (κ2) is 9.77. The molecular weight excluding hydrogens is 399 g/mol. The first-order chi connectivity index (χ1) is 15.0. The molecule has 8 heteroatoms. The number of fused-ring (bicyclic) bond motifs is 1. The molecule has 31 heavy (non-hydrogen) atoms. The van der Waals surface area contributed by atoms with Gasteiger partial charge in [-0.05, 0) is 68.8 Å². The zero-order chi connectivity index (χ0) is 21.8. The van der Waals surface area contributed by atoms with Crippen LogP contribution in [0.2, 0.25) is 0 Å². The van der Waals surface area contributed by atoms with E-state index in [2.05, 4.69) is 15.5 Å². The third kappa shape index (κ3) is 5.23. The number of benzene rings is 1. The lowest BCUT2D eigenvalue weighted by atomic mass is 9.83. The van der Waals surface area contributed by atoms with Crippen LogP contribution in [0.25, 0.3) is 0 Å². The fraction of sp³-hybridized carbons (Fsp3) is 0.609. The third-order valence-electron chi connectivity index (χ3n) is 6.80. The lowest BCUT2D eigenvalue weighted by Crippen LogP contribution is -2.51. The molecule has 3 aliphatic rings. The van der Waals surface area contributed by atoms with E-state index in [1.54, 1.807) is 12.1 Å². The van der Waals surface area contributed by atoms with Crippen LogP contribution in [-0.2, 0) is 16.0 Å². The summed E-state index contributed by atoms with van der Waals surface area (Å²) in [5, 5.41) is 5.61. The van der Waals surface area contributed by atoms with Crippen molar-refractivity contribution in [3.8, 4) is 0 Å². The van der Waals surface area contributed by atoms with Crippen LogP contribution in [0.3, 0.4) is 0 Å². The minimum Gasteiger partial charge on any atom is -0.356 e. The Labute approximate surface area is 182 Å². The van der Waals surface area contributed by atoms with Crippen LogP contribution in [0, 0.1) is 11.7 Å². The third-order valence-corrected chi connectivity index (χ3v) is 6.80. The molecule has 3 saturated heterocycles. The Hall–Kier alpha value is -2.48. The Kier molecular flexibility index (Phi) is 6.85. The summed E-state index contributed by atoms with van der Waals surface area (Å²) in [5.74, 6) is -0.501. The molecule has 3 atom stereocenters. The predicted octanol–water partition coefficient (Wildman–Crippen LogP) is 2.06. The Bertz CT molecular complexity index is 831. The second-order valence-corrected chi connectivity index (χ2v) is 8.88. The molecule has 0 aliphatic carbocycles. The van der Waals surface area contributed by atoms with Crippen molar-refractivity contribution in [3.05, 3.63) is 35.6 Å². The SMILES string of the molecule is O=C(C[C@@H]1NC(=O)N(CCc2cccc(F)c2)C1=O)NC[C@@H]1CCCN2CCCC[C@@H]12. The van der Waals surface area contributed by atoms with Crippen LogP contribution < -0.4 is 10.6 Å². The summed E-state index contributed by atoms with van der Waals surface area (Å²) in [5.41, 5.74) is 0.714. The number of piperidine rings is 2. The highest BCUT2D eigenvalue weighted by Gasteiger charge is 2.39. The van der Waals surface area contributed by atoms with Crippen molar-refractivity contribution in [2.45, 2.75) is 57.0 Å². The zero-order valence-electron chi connectivity index (χ0n) is 17.8. The van der Waals surface area contributed by atoms with E-state index in [1.165, 1.54) is 31.4 Å². The molecule has 4 rings (SSSR count). The van der Waals surface area contributed by atoms with Gasteiger partial charge in [-0.15, -0.1) is 0 Å². The summed E-state index contributed by atoms with van der Waals surface area (Å²) >= 11 is 0. The number of carbonyl (C=O) groups excluding carboxylic acids is 3. The van der Waals surface area contributed by atoms with Crippen molar-refractivity contribution in [2.24, 2.45) is 5.92 Å². The second-order valence-electron chi connectivity index (χ2n) is 8.88. The highest BCUT2D eigenvalue weighted by Crippen LogP contribution is 2.30. The first kappa shape index (κ1) is 21.7. The number of rotatable bonds is 7. The van der Waals surface area contributed by atoms with Crippen LogP contribution in [0.4, 0.5) is 9.18 Å². The number of carbonyl (C=O) groups is 3. The summed E-state index contributed by atoms with van der Waals surface area (Å²) in [6, 6.07) is 5.32. The fourth-order valence-electron chi connectivity index (χ4n) is 5.18. The molecule has 0 radical (unpaired) electrons. The van der Waals surface area contributed by atoms with Gasteiger partial charge in [-0.3, -0.25) is 14.5 Å². The van der Waals surface area contributed by atoms with E-state index >= 15 is 0 Å². The van der Waals surface area contributed by atoms with Gasteiger partial charge in [-0.25, -0.2) is 9.18 Å². The Morgan fingerprint density at radius 2 is 2.00 bits per heavy atom. The molecule has 4 amide bonds. The molecule has 3 fully saturated rings. The molecular formula is C23H31FN4O3. The maximum atomic E-state index is 13.3. The number of hydrogen-bond donors (Lipinski definition) is 2. The van der Waals surface area contributed by atoms with Crippen LogP contribution in [0.15, 0.2) is 24.3 Å². The van der Waals surface area contributed by atoms with Gasteiger partial charge in [-0.2, -0.15) is 0 Å². The highest BCUT2D eigenvalue weighted by atomic mass is 19.1. The molecule has 3 aliphatic heterocycles. The summed E-state index contributed by atoms with van der Waals surface area (Å²) < 4.78 is 13.3. The van der Waals surface area contributed by atoms with Gasteiger partial charge in [0.1, 0.15) is 11.9 Å². The number of imide groups is 1. The molecule has 0 saturated carbocycles. The van der Waals surface area contributed by atoms with Gasteiger partial charge in [0.05, 0.1) is 6.42 Å². The average Bonchev–Trinajstić information content (AvgIpc) is 3.03. The van der Waals surface area contributed by atoms with E-state index in [-0.39, 0.29) is 24.7 Å². The van der Waals surface area contributed by atoms with E-state index in [0.717, 1.165) is 30.8 Å². The molecule has 0 spiro atoms. The highest BCUT2D eigenvalue weighted by molar-refractivity contribution is 6.05. The number of nitrogens with one attached hydrogen (secondary N) is 2. The first-order valence-electron chi connectivity index (χ1n) is 11.4. The number of hydrogen-bond acceptors (Lipinski definition) is 4. The zero-order valence-corrected chi connectivity index (χ0v) is 17.8. The molecule has 1 aromatic rings. The molecule has 0 bridgehead atoms.